The number of likely N-dealkylation sites (tertiary alicyclic amines) is 1. The van der Waals surface area contributed by atoms with Crippen molar-refractivity contribution in [1.82, 2.24) is 15.5 Å². The summed E-state index contributed by atoms with van der Waals surface area (Å²) >= 11 is 0. The maximum Gasteiger partial charge on any atom is 0.387 e. The minimum absolute atomic E-state index is 0. The highest BCUT2D eigenvalue weighted by molar-refractivity contribution is 14.0. The van der Waals surface area contributed by atoms with E-state index in [1.807, 2.05) is 19.1 Å². The van der Waals surface area contributed by atoms with Crippen LogP contribution in [0.5, 0.6) is 5.75 Å². The van der Waals surface area contributed by atoms with E-state index < -0.39 is 12.7 Å². The van der Waals surface area contributed by atoms with Gasteiger partial charge in [-0.2, -0.15) is 8.78 Å². The molecule has 1 saturated heterocycles. The molecule has 1 aromatic carbocycles. The van der Waals surface area contributed by atoms with E-state index in [0.29, 0.717) is 24.6 Å². The van der Waals surface area contributed by atoms with Crippen LogP contribution in [0.4, 0.5) is 8.78 Å². The van der Waals surface area contributed by atoms with Gasteiger partial charge >= 0.3 is 6.61 Å². The summed E-state index contributed by atoms with van der Waals surface area (Å²) in [6, 6.07) is 9.88. The highest BCUT2D eigenvalue weighted by Crippen LogP contribution is 2.26. The quantitative estimate of drug-likeness (QED) is 0.231. The van der Waals surface area contributed by atoms with Crippen molar-refractivity contribution in [2.75, 3.05) is 32.7 Å². The molecule has 2 unspecified atom stereocenters. The van der Waals surface area contributed by atoms with Crippen molar-refractivity contribution in [3.63, 3.8) is 0 Å². The number of nitrogens with one attached hydrogen (secondary N) is 2. The summed E-state index contributed by atoms with van der Waals surface area (Å²) in [7, 11) is 0. The maximum atomic E-state index is 12.3. The van der Waals surface area contributed by atoms with Gasteiger partial charge in [-0.05, 0) is 62.7 Å². The maximum absolute atomic E-state index is 12.3. The number of ether oxygens (including phenoxy) is 1. The third kappa shape index (κ3) is 7.89. The first kappa shape index (κ1) is 26.3. The second-order valence-electron chi connectivity index (χ2n) is 7.34. The summed E-state index contributed by atoms with van der Waals surface area (Å²) in [4.78, 5) is 7.08. The fourth-order valence-corrected chi connectivity index (χ4v) is 3.62. The summed E-state index contributed by atoms with van der Waals surface area (Å²) in [5, 5.41) is 16.8. The average molecular weight is 564 g/mol. The number of guanidine groups is 1. The number of aliphatic imine (C=N–C) groups is 1. The molecule has 1 aliphatic heterocycles. The molecule has 1 fully saturated rings. The third-order valence-electron chi connectivity index (χ3n) is 5.17. The Labute approximate surface area is 204 Å². The topological polar surface area (TPSA) is 82.3 Å². The summed E-state index contributed by atoms with van der Waals surface area (Å²) in [6.45, 7) is 2.57. The fourth-order valence-electron chi connectivity index (χ4n) is 3.62. The first-order chi connectivity index (χ1) is 15.1. The van der Waals surface area contributed by atoms with Crippen molar-refractivity contribution in [3.8, 4) is 5.75 Å². The molecule has 0 spiro atoms. The van der Waals surface area contributed by atoms with Gasteiger partial charge in [-0.3, -0.25) is 9.89 Å². The monoisotopic (exact) mass is 564 g/mol. The molecule has 2 aromatic rings. The number of nitrogens with zero attached hydrogens (tertiary/aromatic N) is 2. The molecule has 10 heteroatoms. The van der Waals surface area contributed by atoms with E-state index >= 15 is 0 Å². The zero-order chi connectivity index (χ0) is 22.1. The molecular formula is C22H31F2IN4O3. The van der Waals surface area contributed by atoms with Crippen LogP contribution < -0.4 is 15.4 Å². The first-order valence-electron chi connectivity index (χ1n) is 10.6. The van der Waals surface area contributed by atoms with Crippen LogP contribution in [-0.4, -0.2) is 55.3 Å². The smallest absolute Gasteiger partial charge is 0.387 e. The number of hydrogen-bond donors (Lipinski definition) is 3. The second-order valence-corrected chi connectivity index (χ2v) is 7.34. The predicted molar refractivity (Wildman–Crippen MR) is 130 cm³/mol. The second kappa shape index (κ2) is 13.6. The van der Waals surface area contributed by atoms with Crippen molar-refractivity contribution in [2.24, 2.45) is 4.99 Å². The van der Waals surface area contributed by atoms with E-state index in [2.05, 4.69) is 20.3 Å². The average Bonchev–Trinajstić information content (AvgIpc) is 3.47. The Morgan fingerprint density at radius 2 is 1.91 bits per heavy atom. The lowest BCUT2D eigenvalue weighted by atomic mass is 10.1. The molecule has 2 heterocycles. The van der Waals surface area contributed by atoms with Crippen molar-refractivity contribution in [1.29, 1.82) is 0 Å². The van der Waals surface area contributed by atoms with E-state index in [9.17, 15) is 13.9 Å². The van der Waals surface area contributed by atoms with Crippen molar-refractivity contribution >= 4 is 29.9 Å². The van der Waals surface area contributed by atoms with E-state index in [0.717, 1.165) is 18.8 Å². The minimum Gasteiger partial charge on any atom is -0.468 e. The Balaban J connectivity index is 0.00000363. The van der Waals surface area contributed by atoms with Crippen LogP contribution in [0.2, 0.25) is 0 Å². The molecule has 178 valence electrons. The number of aliphatic hydroxyl groups excluding tert-OH is 1. The lowest BCUT2D eigenvalue weighted by Crippen LogP contribution is -2.40. The van der Waals surface area contributed by atoms with Crippen molar-refractivity contribution in [2.45, 2.75) is 38.5 Å². The molecule has 0 radical (unpaired) electrons. The summed E-state index contributed by atoms with van der Waals surface area (Å²) in [5.74, 6) is 1.54. The molecule has 3 rings (SSSR count). The lowest BCUT2D eigenvalue weighted by Gasteiger charge is -2.25. The van der Waals surface area contributed by atoms with Gasteiger partial charge in [0, 0.05) is 13.1 Å². The highest BCUT2D eigenvalue weighted by atomic mass is 127. The molecule has 0 saturated carbocycles. The number of furan rings is 1. The lowest BCUT2D eigenvalue weighted by molar-refractivity contribution is -0.0498. The van der Waals surface area contributed by atoms with E-state index in [1.54, 1.807) is 18.4 Å². The Morgan fingerprint density at radius 3 is 2.50 bits per heavy atom. The minimum atomic E-state index is -2.87. The van der Waals surface area contributed by atoms with Gasteiger partial charge in [0.25, 0.3) is 0 Å². The largest absolute Gasteiger partial charge is 0.468 e. The van der Waals surface area contributed by atoms with Gasteiger partial charge in [0.2, 0.25) is 0 Å². The highest BCUT2D eigenvalue weighted by Gasteiger charge is 2.25. The molecule has 2 atom stereocenters. The Kier molecular flexibility index (Phi) is 11.2. The molecule has 0 aliphatic carbocycles. The summed E-state index contributed by atoms with van der Waals surface area (Å²) in [6.07, 6.45) is 3.20. The van der Waals surface area contributed by atoms with Crippen LogP contribution in [0.15, 0.2) is 52.1 Å². The molecule has 7 nitrogen and oxygen atoms in total. The van der Waals surface area contributed by atoms with Gasteiger partial charge < -0.3 is 24.9 Å². The number of benzene rings is 1. The van der Waals surface area contributed by atoms with Crippen molar-refractivity contribution < 1.29 is 23.0 Å². The SMILES string of the molecule is CCNC(=NCC(c1ccco1)N1CCCC1)NCC(O)c1ccc(OC(F)F)cc1.I. The van der Waals surface area contributed by atoms with E-state index in [1.165, 1.54) is 25.0 Å². The Morgan fingerprint density at radius 1 is 1.19 bits per heavy atom. The van der Waals surface area contributed by atoms with Crippen molar-refractivity contribution in [3.05, 3.63) is 54.0 Å². The van der Waals surface area contributed by atoms with Crippen LogP contribution in [0, 0.1) is 0 Å². The number of alkyl halides is 2. The first-order valence-corrected chi connectivity index (χ1v) is 10.6. The Bertz CT molecular complexity index is 800. The van der Waals surface area contributed by atoms with E-state index in [-0.39, 0.29) is 42.3 Å². The molecule has 0 bridgehead atoms. The molecule has 32 heavy (non-hydrogen) atoms. The van der Waals surface area contributed by atoms with Crippen LogP contribution in [0.1, 0.15) is 43.2 Å². The van der Waals surface area contributed by atoms with Gasteiger partial charge in [-0.1, -0.05) is 12.1 Å². The molecule has 0 amide bonds. The summed E-state index contributed by atoms with van der Waals surface area (Å²) in [5.41, 5.74) is 0.593. The predicted octanol–water partition coefficient (Wildman–Crippen LogP) is 3.92. The number of aliphatic hydroxyl groups is 1. The van der Waals surface area contributed by atoms with E-state index in [4.69, 9.17) is 9.41 Å². The van der Waals surface area contributed by atoms with Gasteiger partial charge in [0.15, 0.2) is 5.96 Å². The van der Waals surface area contributed by atoms with Crippen LogP contribution in [0.25, 0.3) is 0 Å². The third-order valence-corrected chi connectivity index (χ3v) is 5.17. The van der Waals surface area contributed by atoms with Gasteiger partial charge in [0.05, 0.1) is 25.0 Å². The van der Waals surface area contributed by atoms with Gasteiger partial charge in [-0.15, -0.1) is 24.0 Å². The van der Waals surface area contributed by atoms with Crippen LogP contribution in [-0.2, 0) is 0 Å². The Hall–Kier alpha value is -1.92. The van der Waals surface area contributed by atoms with Crippen LogP contribution >= 0.6 is 24.0 Å². The fraction of sp³-hybridized carbons (Fsp3) is 0.500. The summed E-state index contributed by atoms with van der Waals surface area (Å²) < 4.78 is 34.5. The molecular weight excluding hydrogens is 533 g/mol. The van der Waals surface area contributed by atoms with Gasteiger partial charge in [0.1, 0.15) is 11.5 Å². The zero-order valence-corrected chi connectivity index (χ0v) is 20.4. The van der Waals surface area contributed by atoms with Gasteiger partial charge in [-0.25, -0.2) is 0 Å². The van der Waals surface area contributed by atoms with Crippen LogP contribution in [0.3, 0.4) is 0 Å². The number of hydrogen-bond acceptors (Lipinski definition) is 5. The number of halogens is 3. The zero-order valence-electron chi connectivity index (χ0n) is 18.0. The number of rotatable bonds is 10. The molecule has 1 aromatic heterocycles. The standard InChI is InChI=1S/C22H30F2N4O3.HI/c1-2-25-22(26-14-18(20-6-5-13-30-20)28-11-3-4-12-28)27-15-19(29)16-7-9-17(10-8-16)31-21(23)24;/h5-10,13,18-19,21,29H,2-4,11-12,14-15H2,1H3,(H2,25,26,27);1H. The normalized spacial score (nSPS) is 16.5. The molecule has 1 aliphatic rings. The molecule has 3 N–H and O–H groups in total.